The highest BCUT2D eigenvalue weighted by molar-refractivity contribution is 7.99. The Hall–Kier alpha value is -3.07. The quantitative estimate of drug-likeness (QED) is 0.487. The maximum absolute atomic E-state index is 12.2. The van der Waals surface area contributed by atoms with Crippen LogP contribution in [-0.4, -0.2) is 31.9 Å². The molecule has 9 heteroatoms. The lowest BCUT2D eigenvalue weighted by atomic mass is 10.1. The minimum absolute atomic E-state index is 0.132. The van der Waals surface area contributed by atoms with Crippen LogP contribution >= 0.6 is 11.8 Å². The first-order chi connectivity index (χ1) is 13.4. The molecule has 0 unspecified atom stereocenters. The van der Waals surface area contributed by atoms with E-state index in [2.05, 4.69) is 31.1 Å². The van der Waals surface area contributed by atoms with E-state index in [0.717, 1.165) is 5.69 Å². The van der Waals surface area contributed by atoms with E-state index in [0.29, 0.717) is 16.5 Å². The van der Waals surface area contributed by atoms with Gasteiger partial charge in [0.2, 0.25) is 11.1 Å². The molecule has 0 bridgehead atoms. The number of rotatable bonds is 6. The summed E-state index contributed by atoms with van der Waals surface area (Å²) in [4.78, 5) is 12.2. The van der Waals surface area contributed by atoms with Crippen molar-refractivity contribution in [1.29, 1.82) is 0 Å². The fourth-order valence-corrected chi connectivity index (χ4v) is 3.10. The van der Waals surface area contributed by atoms with Gasteiger partial charge in [-0.05, 0) is 67.6 Å². The molecule has 8 nitrogen and oxygen atoms in total. The standard InChI is InChI=1S/C19H21N7OS/c1-19(2,3)26-18(23-24-25-26)28-13-17(27)20-14-9-11-16(12-10-14)22-21-15-7-5-4-6-8-15/h4-12H,13H2,1-3H3,(H,20,27). The maximum Gasteiger partial charge on any atom is 0.234 e. The van der Waals surface area contributed by atoms with E-state index in [4.69, 9.17) is 0 Å². The third-order valence-electron chi connectivity index (χ3n) is 3.60. The summed E-state index contributed by atoms with van der Waals surface area (Å²) in [6.45, 7) is 6.01. The lowest BCUT2D eigenvalue weighted by molar-refractivity contribution is -0.113. The molecule has 3 rings (SSSR count). The number of nitrogens with zero attached hydrogens (tertiary/aromatic N) is 6. The Morgan fingerprint density at radius 2 is 1.68 bits per heavy atom. The van der Waals surface area contributed by atoms with E-state index in [-0.39, 0.29) is 17.2 Å². The second kappa shape index (κ2) is 8.75. The van der Waals surface area contributed by atoms with Gasteiger partial charge in [-0.3, -0.25) is 4.79 Å². The first-order valence-electron chi connectivity index (χ1n) is 8.70. The van der Waals surface area contributed by atoms with Crippen molar-refractivity contribution < 1.29 is 4.79 Å². The number of tetrazole rings is 1. The fraction of sp³-hybridized carbons (Fsp3) is 0.263. The predicted octanol–water partition coefficient (Wildman–Crippen LogP) is 4.57. The summed E-state index contributed by atoms with van der Waals surface area (Å²) < 4.78 is 1.71. The van der Waals surface area contributed by atoms with Crippen LogP contribution in [-0.2, 0) is 10.3 Å². The third kappa shape index (κ3) is 5.46. The number of azo groups is 1. The van der Waals surface area contributed by atoms with Crippen molar-refractivity contribution in [2.75, 3.05) is 11.1 Å². The van der Waals surface area contributed by atoms with Crippen LogP contribution in [0.4, 0.5) is 17.1 Å². The summed E-state index contributed by atoms with van der Waals surface area (Å²) >= 11 is 1.30. The monoisotopic (exact) mass is 395 g/mol. The molecule has 2 aromatic carbocycles. The summed E-state index contributed by atoms with van der Waals surface area (Å²) in [5, 5.41) is 23.5. The lowest BCUT2D eigenvalue weighted by Crippen LogP contribution is -2.24. The van der Waals surface area contributed by atoms with E-state index in [1.54, 1.807) is 28.9 Å². The van der Waals surface area contributed by atoms with Gasteiger partial charge >= 0.3 is 0 Å². The molecule has 0 spiro atoms. The third-order valence-corrected chi connectivity index (χ3v) is 4.52. The van der Waals surface area contributed by atoms with Gasteiger partial charge in [-0.2, -0.15) is 10.2 Å². The summed E-state index contributed by atoms with van der Waals surface area (Å²) in [6, 6.07) is 16.7. The normalized spacial score (nSPS) is 11.7. The highest BCUT2D eigenvalue weighted by atomic mass is 32.2. The number of anilines is 1. The molecule has 0 aliphatic carbocycles. The summed E-state index contributed by atoms with van der Waals surface area (Å²) in [5.41, 5.74) is 1.95. The second-order valence-electron chi connectivity index (χ2n) is 6.96. The van der Waals surface area contributed by atoms with Gasteiger partial charge in [-0.1, -0.05) is 30.0 Å². The lowest BCUT2D eigenvalue weighted by Gasteiger charge is -2.19. The van der Waals surface area contributed by atoms with E-state index < -0.39 is 0 Å². The molecule has 1 aromatic heterocycles. The Labute approximate surface area is 167 Å². The van der Waals surface area contributed by atoms with E-state index >= 15 is 0 Å². The number of benzene rings is 2. The molecule has 28 heavy (non-hydrogen) atoms. The van der Waals surface area contributed by atoms with Crippen LogP contribution in [0.15, 0.2) is 70.0 Å². The molecule has 0 saturated heterocycles. The van der Waals surface area contributed by atoms with Crippen molar-refractivity contribution in [3.8, 4) is 0 Å². The van der Waals surface area contributed by atoms with Gasteiger partial charge in [0.1, 0.15) is 0 Å². The van der Waals surface area contributed by atoms with Gasteiger partial charge in [0.05, 0.1) is 22.7 Å². The number of hydrogen-bond acceptors (Lipinski definition) is 7. The number of nitrogens with one attached hydrogen (secondary N) is 1. The van der Waals surface area contributed by atoms with Crippen LogP contribution in [0.5, 0.6) is 0 Å². The van der Waals surface area contributed by atoms with Gasteiger partial charge < -0.3 is 5.32 Å². The zero-order valence-electron chi connectivity index (χ0n) is 15.9. The largest absolute Gasteiger partial charge is 0.325 e. The molecule has 0 radical (unpaired) electrons. The van der Waals surface area contributed by atoms with Gasteiger partial charge in [-0.15, -0.1) is 5.10 Å². The van der Waals surface area contributed by atoms with Gasteiger partial charge in [-0.25, -0.2) is 4.68 Å². The molecule has 1 N–H and O–H groups in total. The van der Waals surface area contributed by atoms with Crippen molar-refractivity contribution in [3.63, 3.8) is 0 Å². The van der Waals surface area contributed by atoms with Crippen LogP contribution < -0.4 is 5.32 Å². The number of thioether (sulfide) groups is 1. The molecule has 0 saturated carbocycles. The van der Waals surface area contributed by atoms with Crippen molar-refractivity contribution in [2.45, 2.75) is 31.5 Å². The average molecular weight is 395 g/mol. The zero-order valence-corrected chi connectivity index (χ0v) is 16.7. The molecular formula is C19H21N7OS. The van der Waals surface area contributed by atoms with Gasteiger partial charge in [0.25, 0.3) is 0 Å². The van der Waals surface area contributed by atoms with Crippen LogP contribution in [0.1, 0.15) is 20.8 Å². The minimum atomic E-state index is -0.244. The SMILES string of the molecule is CC(C)(C)n1nnnc1SCC(=O)Nc1ccc(N=Nc2ccccc2)cc1. The number of aromatic nitrogens is 4. The van der Waals surface area contributed by atoms with Crippen molar-refractivity contribution >= 4 is 34.7 Å². The number of hydrogen-bond donors (Lipinski definition) is 1. The average Bonchev–Trinajstić information content (AvgIpc) is 3.16. The predicted molar refractivity (Wildman–Crippen MR) is 109 cm³/mol. The first kappa shape index (κ1) is 19.7. The number of carbonyl (C=O) groups is 1. The Kier molecular flexibility index (Phi) is 6.15. The summed E-state index contributed by atoms with van der Waals surface area (Å²) in [7, 11) is 0. The number of amides is 1. The van der Waals surface area contributed by atoms with Crippen molar-refractivity contribution in [3.05, 3.63) is 54.6 Å². The highest BCUT2D eigenvalue weighted by Gasteiger charge is 2.20. The van der Waals surface area contributed by atoms with E-state index in [1.807, 2.05) is 51.1 Å². The molecule has 0 atom stereocenters. The Balaban J connectivity index is 1.53. The molecule has 0 fully saturated rings. The highest BCUT2D eigenvalue weighted by Crippen LogP contribution is 2.22. The van der Waals surface area contributed by atoms with Crippen LogP contribution in [0.25, 0.3) is 0 Å². The molecule has 1 heterocycles. The topological polar surface area (TPSA) is 97.4 Å². The Morgan fingerprint density at radius 1 is 1.04 bits per heavy atom. The molecule has 144 valence electrons. The first-order valence-corrected chi connectivity index (χ1v) is 9.69. The van der Waals surface area contributed by atoms with Crippen LogP contribution in [0, 0.1) is 0 Å². The minimum Gasteiger partial charge on any atom is -0.325 e. The molecular weight excluding hydrogens is 374 g/mol. The molecule has 0 aliphatic heterocycles. The summed E-state index contributed by atoms with van der Waals surface area (Å²) in [6.07, 6.45) is 0. The zero-order chi connectivity index (χ0) is 20.0. The van der Waals surface area contributed by atoms with E-state index in [9.17, 15) is 4.79 Å². The van der Waals surface area contributed by atoms with Gasteiger partial charge in [0, 0.05) is 5.69 Å². The Bertz CT molecular complexity index is 946. The van der Waals surface area contributed by atoms with Crippen LogP contribution in [0.2, 0.25) is 0 Å². The molecule has 0 aliphatic rings. The second-order valence-corrected chi connectivity index (χ2v) is 7.91. The van der Waals surface area contributed by atoms with Crippen molar-refractivity contribution in [2.24, 2.45) is 10.2 Å². The molecule has 3 aromatic rings. The van der Waals surface area contributed by atoms with E-state index in [1.165, 1.54) is 11.8 Å². The fourth-order valence-electron chi connectivity index (χ4n) is 2.24. The van der Waals surface area contributed by atoms with Crippen molar-refractivity contribution in [1.82, 2.24) is 20.2 Å². The summed E-state index contributed by atoms with van der Waals surface area (Å²) in [5.74, 6) is 0.0819. The Morgan fingerprint density at radius 3 is 2.32 bits per heavy atom. The molecule has 1 amide bonds. The van der Waals surface area contributed by atoms with Crippen LogP contribution in [0.3, 0.4) is 0 Å². The maximum atomic E-state index is 12.2. The number of carbonyl (C=O) groups excluding carboxylic acids is 1. The van der Waals surface area contributed by atoms with Gasteiger partial charge in [0.15, 0.2) is 0 Å². The smallest absolute Gasteiger partial charge is 0.234 e.